The van der Waals surface area contributed by atoms with E-state index < -0.39 is 0 Å². The van der Waals surface area contributed by atoms with Crippen LogP contribution in [0.25, 0.3) is 0 Å². The molecule has 0 heterocycles. The van der Waals surface area contributed by atoms with Crippen molar-refractivity contribution in [3.63, 3.8) is 0 Å². The van der Waals surface area contributed by atoms with Crippen LogP contribution in [-0.4, -0.2) is 6.54 Å². The topological polar surface area (TPSA) is 49.8 Å². The maximum atomic E-state index is 8.67. The van der Waals surface area contributed by atoms with Gasteiger partial charge >= 0.3 is 0 Å². The van der Waals surface area contributed by atoms with Crippen molar-refractivity contribution in [3.8, 4) is 6.07 Å². The van der Waals surface area contributed by atoms with Crippen molar-refractivity contribution in [1.82, 2.24) is 0 Å². The van der Waals surface area contributed by atoms with Gasteiger partial charge in [0, 0.05) is 12.1 Å². The van der Waals surface area contributed by atoms with Crippen molar-refractivity contribution in [2.24, 2.45) is 11.7 Å². The number of hydrogen-bond donors (Lipinski definition) is 1. The van der Waals surface area contributed by atoms with Gasteiger partial charge in [0.25, 0.3) is 0 Å². The van der Waals surface area contributed by atoms with E-state index in [1.807, 2.05) is 25.2 Å². The molecule has 0 aromatic rings. The van der Waals surface area contributed by atoms with Gasteiger partial charge in [0.2, 0.25) is 0 Å². The van der Waals surface area contributed by atoms with Crippen molar-refractivity contribution in [3.05, 3.63) is 35.5 Å². The van der Waals surface area contributed by atoms with E-state index in [4.69, 9.17) is 11.0 Å². The largest absolute Gasteiger partial charge is 0.327 e. The van der Waals surface area contributed by atoms with Gasteiger partial charge in [0.15, 0.2) is 0 Å². The molecule has 1 unspecified atom stereocenters. The highest BCUT2D eigenvalue weighted by molar-refractivity contribution is 5.41. The molecule has 1 rings (SSSR count). The Morgan fingerprint density at radius 1 is 1.50 bits per heavy atom. The minimum Gasteiger partial charge on any atom is -0.327 e. The molecule has 12 heavy (non-hydrogen) atoms. The molecule has 2 nitrogen and oxygen atoms in total. The first-order valence-electron chi connectivity index (χ1n) is 3.97. The minimum absolute atomic E-state index is 0.299. The molecule has 0 spiro atoms. The summed E-state index contributed by atoms with van der Waals surface area (Å²) in [5, 5.41) is 8.67. The number of allylic oxidation sites excluding steroid dienone is 4. The van der Waals surface area contributed by atoms with Crippen molar-refractivity contribution in [2.45, 2.75) is 6.92 Å². The third-order valence-electron chi connectivity index (χ3n) is 1.76. The van der Waals surface area contributed by atoms with Gasteiger partial charge in [-0.2, -0.15) is 5.26 Å². The van der Waals surface area contributed by atoms with E-state index >= 15 is 0 Å². The monoisotopic (exact) mass is 160 g/mol. The lowest BCUT2D eigenvalue weighted by molar-refractivity contribution is 0.922. The predicted octanol–water partition coefficient (Wildman–Crippen LogP) is 1.53. The van der Waals surface area contributed by atoms with Gasteiger partial charge in [-0.1, -0.05) is 25.2 Å². The molecule has 0 bridgehead atoms. The van der Waals surface area contributed by atoms with Crippen LogP contribution in [0.3, 0.4) is 0 Å². The standard InChI is InChI=1S/C10H12N2/c1-8-4-9(6-11)2-3-10(5-8)7-12/h2-5,8H,6,11H2,1H3. The fourth-order valence-corrected chi connectivity index (χ4v) is 1.19. The average Bonchev–Trinajstić information content (AvgIpc) is 2.26. The van der Waals surface area contributed by atoms with Crippen LogP contribution in [-0.2, 0) is 0 Å². The lowest BCUT2D eigenvalue weighted by Gasteiger charge is -1.98. The Morgan fingerprint density at radius 3 is 2.83 bits per heavy atom. The number of nitrogens with two attached hydrogens (primary N) is 1. The highest BCUT2D eigenvalue weighted by Crippen LogP contribution is 2.13. The van der Waals surface area contributed by atoms with E-state index in [1.54, 1.807) is 0 Å². The van der Waals surface area contributed by atoms with E-state index in [-0.39, 0.29) is 0 Å². The number of nitrogens with zero attached hydrogens (tertiary/aromatic N) is 1. The fourth-order valence-electron chi connectivity index (χ4n) is 1.19. The second-order valence-electron chi connectivity index (χ2n) is 2.87. The number of hydrogen-bond acceptors (Lipinski definition) is 2. The van der Waals surface area contributed by atoms with E-state index in [2.05, 4.69) is 12.1 Å². The smallest absolute Gasteiger partial charge is 0.0988 e. The van der Waals surface area contributed by atoms with Gasteiger partial charge in [-0.15, -0.1) is 0 Å². The summed E-state index contributed by atoms with van der Waals surface area (Å²) in [7, 11) is 0. The third-order valence-corrected chi connectivity index (χ3v) is 1.76. The van der Waals surface area contributed by atoms with Crippen LogP contribution >= 0.6 is 0 Å². The van der Waals surface area contributed by atoms with E-state index in [0.29, 0.717) is 18.0 Å². The molecule has 1 aliphatic carbocycles. The van der Waals surface area contributed by atoms with Gasteiger partial charge in [-0.05, 0) is 17.6 Å². The van der Waals surface area contributed by atoms with E-state index in [9.17, 15) is 0 Å². The Labute approximate surface area is 72.7 Å². The summed E-state index contributed by atoms with van der Waals surface area (Å²) in [6, 6.07) is 2.12. The second-order valence-corrected chi connectivity index (χ2v) is 2.87. The number of rotatable bonds is 1. The first kappa shape index (κ1) is 8.76. The van der Waals surface area contributed by atoms with Crippen LogP contribution in [0.2, 0.25) is 0 Å². The van der Waals surface area contributed by atoms with E-state index in [0.717, 1.165) is 5.57 Å². The van der Waals surface area contributed by atoms with Crippen molar-refractivity contribution < 1.29 is 0 Å². The molecule has 2 N–H and O–H groups in total. The molecule has 0 radical (unpaired) electrons. The Kier molecular flexibility index (Phi) is 2.84. The molecule has 62 valence electrons. The highest BCUT2D eigenvalue weighted by Gasteiger charge is 2.01. The molecule has 0 fully saturated rings. The summed E-state index contributed by atoms with van der Waals surface area (Å²) in [5.74, 6) is 0.299. The Bertz CT molecular complexity index is 289. The quantitative estimate of drug-likeness (QED) is 0.632. The van der Waals surface area contributed by atoms with Crippen molar-refractivity contribution in [2.75, 3.05) is 6.54 Å². The maximum Gasteiger partial charge on any atom is 0.0988 e. The summed E-state index contributed by atoms with van der Waals surface area (Å²) in [5.41, 5.74) is 7.29. The summed E-state index contributed by atoms with van der Waals surface area (Å²) in [4.78, 5) is 0. The molecule has 0 amide bonds. The molecular formula is C10H12N2. The molecule has 0 aliphatic heterocycles. The molecule has 2 heteroatoms. The number of nitriles is 1. The molecule has 0 saturated heterocycles. The SMILES string of the molecule is CC1C=C(C#N)C=CC(CN)=C1. The van der Waals surface area contributed by atoms with Crippen LogP contribution in [0.5, 0.6) is 0 Å². The first-order chi connectivity index (χ1) is 5.76. The predicted molar refractivity (Wildman–Crippen MR) is 49.1 cm³/mol. The zero-order chi connectivity index (χ0) is 8.97. The summed E-state index contributed by atoms with van der Waals surface area (Å²) in [6.07, 6.45) is 7.71. The molecule has 0 aromatic carbocycles. The Hall–Kier alpha value is -1.33. The molecule has 0 saturated carbocycles. The maximum absolute atomic E-state index is 8.67. The van der Waals surface area contributed by atoms with Crippen molar-refractivity contribution in [1.29, 1.82) is 5.26 Å². The average molecular weight is 160 g/mol. The molecule has 1 atom stereocenters. The summed E-state index contributed by atoms with van der Waals surface area (Å²) in [6.45, 7) is 2.58. The zero-order valence-corrected chi connectivity index (χ0v) is 7.12. The second kappa shape index (κ2) is 3.89. The van der Waals surface area contributed by atoms with Crippen LogP contribution in [0, 0.1) is 17.2 Å². The van der Waals surface area contributed by atoms with Crippen LogP contribution in [0.1, 0.15) is 6.92 Å². The first-order valence-corrected chi connectivity index (χ1v) is 3.97. The van der Waals surface area contributed by atoms with Gasteiger partial charge in [-0.3, -0.25) is 0 Å². The fraction of sp³-hybridized carbons (Fsp3) is 0.300. The molecule has 0 aromatic heterocycles. The summed E-state index contributed by atoms with van der Waals surface area (Å²) >= 11 is 0. The van der Waals surface area contributed by atoms with Gasteiger partial charge in [-0.25, -0.2) is 0 Å². The van der Waals surface area contributed by atoms with Gasteiger partial charge < -0.3 is 5.73 Å². The summed E-state index contributed by atoms with van der Waals surface area (Å²) < 4.78 is 0. The zero-order valence-electron chi connectivity index (χ0n) is 7.12. The van der Waals surface area contributed by atoms with Gasteiger partial charge in [0.05, 0.1) is 6.07 Å². The van der Waals surface area contributed by atoms with Gasteiger partial charge in [0.1, 0.15) is 0 Å². The van der Waals surface area contributed by atoms with E-state index in [1.165, 1.54) is 0 Å². The Balaban J connectivity index is 2.90. The third kappa shape index (κ3) is 2.08. The van der Waals surface area contributed by atoms with Crippen LogP contribution in [0.4, 0.5) is 0 Å². The van der Waals surface area contributed by atoms with Crippen LogP contribution in [0.15, 0.2) is 35.5 Å². The lowest BCUT2D eigenvalue weighted by atomic mass is 10.1. The normalized spacial score (nSPS) is 22.2. The lowest BCUT2D eigenvalue weighted by Crippen LogP contribution is -2.01. The van der Waals surface area contributed by atoms with Crippen molar-refractivity contribution >= 4 is 0 Å². The van der Waals surface area contributed by atoms with Crippen LogP contribution < -0.4 is 5.73 Å². The Morgan fingerprint density at radius 2 is 2.25 bits per heavy atom. The molecule has 1 aliphatic rings. The minimum atomic E-state index is 0.299. The molecular weight excluding hydrogens is 148 g/mol. The highest BCUT2D eigenvalue weighted by atomic mass is 14.5.